The minimum Gasteiger partial charge on any atom is -0.313 e. The molecule has 1 aromatic rings. The lowest BCUT2D eigenvalue weighted by molar-refractivity contribution is 0.517. The molecule has 0 spiro atoms. The summed E-state index contributed by atoms with van der Waals surface area (Å²) < 4.78 is 0. The van der Waals surface area contributed by atoms with Crippen LogP contribution in [0.25, 0.3) is 0 Å². The van der Waals surface area contributed by atoms with Crippen molar-refractivity contribution >= 4 is 23.2 Å². The Balaban J connectivity index is 2.76. The molecule has 0 bridgehead atoms. The predicted molar refractivity (Wildman–Crippen MR) is 80.3 cm³/mol. The van der Waals surface area contributed by atoms with Crippen molar-refractivity contribution in [2.45, 2.75) is 39.2 Å². The molecule has 0 saturated carbocycles. The average molecular weight is 284 g/mol. The summed E-state index contributed by atoms with van der Waals surface area (Å²) in [7, 11) is 0. The molecule has 0 fully saturated rings. The van der Waals surface area contributed by atoms with Crippen LogP contribution in [0.15, 0.2) is 18.2 Å². The molecule has 1 nitrogen and oxygen atoms in total. The van der Waals surface area contributed by atoms with E-state index in [1.54, 1.807) is 0 Å². The topological polar surface area (TPSA) is 12.0 Å². The van der Waals surface area contributed by atoms with Gasteiger partial charge >= 0.3 is 0 Å². The monoisotopic (exact) mass is 283 g/mol. The fourth-order valence-electron chi connectivity index (χ4n) is 1.76. The van der Waals surface area contributed by atoms with Gasteiger partial charge in [0.15, 0.2) is 0 Å². The second-order valence-corrected chi connectivity index (χ2v) is 5.00. The molecule has 18 heavy (non-hydrogen) atoms. The van der Waals surface area contributed by atoms with Crippen LogP contribution in [0.5, 0.6) is 0 Å². The first-order chi connectivity index (χ1) is 8.69. The van der Waals surface area contributed by atoms with Crippen molar-refractivity contribution in [3.63, 3.8) is 0 Å². The zero-order valence-electron chi connectivity index (χ0n) is 10.9. The van der Waals surface area contributed by atoms with Crippen LogP contribution in [0.4, 0.5) is 0 Å². The number of hydrogen-bond acceptors (Lipinski definition) is 1. The second kappa shape index (κ2) is 8.43. The van der Waals surface area contributed by atoms with Crippen molar-refractivity contribution in [2.75, 3.05) is 6.54 Å². The largest absolute Gasteiger partial charge is 0.313 e. The smallest absolute Gasteiger partial charge is 0.0453 e. The first-order valence-electron chi connectivity index (χ1n) is 6.24. The standard InChI is InChI=1S/C15H19Cl2N/c1-3-5-7-12(18-10-4-2)11-13-14(16)8-6-9-15(13)17/h6,8-9,12,18H,4,7,10-11H2,1-2H3. The lowest BCUT2D eigenvalue weighted by Crippen LogP contribution is -2.31. The van der Waals surface area contributed by atoms with E-state index in [2.05, 4.69) is 24.1 Å². The maximum absolute atomic E-state index is 6.19. The van der Waals surface area contributed by atoms with Crippen LogP contribution in [0.2, 0.25) is 10.0 Å². The van der Waals surface area contributed by atoms with E-state index in [9.17, 15) is 0 Å². The van der Waals surface area contributed by atoms with Crippen LogP contribution in [-0.4, -0.2) is 12.6 Å². The first-order valence-corrected chi connectivity index (χ1v) is 7.00. The van der Waals surface area contributed by atoms with E-state index in [1.165, 1.54) is 0 Å². The summed E-state index contributed by atoms with van der Waals surface area (Å²) in [5, 5.41) is 4.95. The van der Waals surface area contributed by atoms with Crippen LogP contribution >= 0.6 is 23.2 Å². The molecule has 0 aliphatic carbocycles. The van der Waals surface area contributed by atoms with Gasteiger partial charge in [-0.1, -0.05) is 36.2 Å². The lowest BCUT2D eigenvalue weighted by atomic mass is 10.0. The summed E-state index contributed by atoms with van der Waals surface area (Å²) in [5.41, 5.74) is 1.01. The summed E-state index contributed by atoms with van der Waals surface area (Å²) in [6, 6.07) is 5.93. The third-order valence-corrected chi connectivity index (χ3v) is 3.43. The molecule has 0 radical (unpaired) electrons. The quantitative estimate of drug-likeness (QED) is 0.767. The van der Waals surface area contributed by atoms with Gasteiger partial charge in [0.2, 0.25) is 0 Å². The van der Waals surface area contributed by atoms with Crippen molar-refractivity contribution < 1.29 is 0 Å². The highest BCUT2D eigenvalue weighted by Crippen LogP contribution is 2.25. The van der Waals surface area contributed by atoms with E-state index in [0.29, 0.717) is 6.04 Å². The van der Waals surface area contributed by atoms with Gasteiger partial charge in [-0.3, -0.25) is 0 Å². The van der Waals surface area contributed by atoms with Crippen molar-refractivity contribution in [1.82, 2.24) is 5.32 Å². The van der Waals surface area contributed by atoms with Crippen LogP contribution in [0.1, 0.15) is 32.3 Å². The molecule has 1 aromatic carbocycles. The van der Waals surface area contributed by atoms with Crippen molar-refractivity contribution in [3.05, 3.63) is 33.8 Å². The minimum atomic E-state index is 0.301. The van der Waals surface area contributed by atoms with Crippen LogP contribution in [0.3, 0.4) is 0 Å². The highest BCUT2D eigenvalue weighted by atomic mass is 35.5. The zero-order chi connectivity index (χ0) is 13.4. The number of hydrogen-bond donors (Lipinski definition) is 1. The number of rotatable bonds is 6. The molecule has 0 aliphatic heterocycles. The van der Waals surface area contributed by atoms with E-state index >= 15 is 0 Å². The van der Waals surface area contributed by atoms with E-state index in [-0.39, 0.29) is 0 Å². The highest BCUT2D eigenvalue weighted by molar-refractivity contribution is 6.36. The molecule has 98 valence electrons. The molecule has 0 heterocycles. The molecular formula is C15H19Cl2N. The van der Waals surface area contributed by atoms with Gasteiger partial charge in [0.05, 0.1) is 0 Å². The maximum Gasteiger partial charge on any atom is 0.0453 e. The molecule has 1 unspecified atom stereocenters. The lowest BCUT2D eigenvalue weighted by Gasteiger charge is -2.17. The molecule has 0 aromatic heterocycles. The Morgan fingerprint density at radius 3 is 2.50 bits per heavy atom. The summed E-state index contributed by atoms with van der Waals surface area (Å²) in [4.78, 5) is 0. The molecule has 3 heteroatoms. The van der Waals surface area contributed by atoms with Gasteiger partial charge in [-0.05, 0) is 44.0 Å². The fraction of sp³-hybridized carbons (Fsp3) is 0.467. The molecule has 1 N–H and O–H groups in total. The Kier molecular flexibility index (Phi) is 7.20. The van der Waals surface area contributed by atoms with E-state index in [0.717, 1.165) is 41.4 Å². The summed E-state index contributed by atoms with van der Waals surface area (Å²) in [6.07, 6.45) is 2.73. The molecule has 0 amide bonds. The van der Waals surface area contributed by atoms with E-state index in [4.69, 9.17) is 23.2 Å². The average Bonchev–Trinajstić information content (AvgIpc) is 2.36. The molecule has 1 rings (SSSR count). The van der Waals surface area contributed by atoms with Gasteiger partial charge in [-0.2, -0.15) is 0 Å². The summed E-state index contributed by atoms with van der Waals surface area (Å²) in [6.45, 7) is 5.00. The third-order valence-electron chi connectivity index (χ3n) is 2.72. The number of halogens is 2. The molecule has 0 saturated heterocycles. The Morgan fingerprint density at radius 1 is 1.28 bits per heavy atom. The summed E-state index contributed by atoms with van der Waals surface area (Å²) >= 11 is 12.4. The molecule has 0 aliphatic rings. The van der Waals surface area contributed by atoms with Gasteiger partial charge in [0.25, 0.3) is 0 Å². The van der Waals surface area contributed by atoms with Crippen molar-refractivity contribution in [1.29, 1.82) is 0 Å². The van der Waals surface area contributed by atoms with E-state index in [1.807, 2.05) is 25.1 Å². The van der Waals surface area contributed by atoms with Crippen LogP contribution in [0, 0.1) is 11.8 Å². The van der Waals surface area contributed by atoms with Gasteiger partial charge in [0.1, 0.15) is 0 Å². The minimum absolute atomic E-state index is 0.301. The molecule has 1 atom stereocenters. The zero-order valence-corrected chi connectivity index (χ0v) is 12.4. The Bertz CT molecular complexity index is 412. The van der Waals surface area contributed by atoms with Crippen LogP contribution < -0.4 is 5.32 Å². The predicted octanol–water partition coefficient (Wildman–Crippen LogP) is 4.32. The Morgan fingerprint density at radius 2 is 1.94 bits per heavy atom. The highest BCUT2D eigenvalue weighted by Gasteiger charge is 2.12. The van der Waals surface area contributed by atoms with Crippen molar-refractivity contribution in [3.8, 4) is 11.8 Å². The third kappa shape index (κ3) is 4.90. The summed E-state index contributed by atoms with van der Waals surface area (Å²) in [5.74, 6) is 6.05. The maximum atomic E-state index is 6.19. The van der Waals surface area contributed by atoms with E-state index < -0.39 is 0 Å². The normalized spacial score (nSPS) is 11.8. The Hall–Kier alpha value is -0.680. The van der Waals surface area contributed by atoms with Crippen molar-refractivity contribution in [2.24, 2.45) is 0 Å². The van der Waals surface area contributed by atoms with Crippen LogP contribution in [-0.2, 0) is 6.42 Å². The van der Waals surface area contributed by atoms with Gasteiger partial charge < -0.3 is 5.32 Å². The first kappa shape index (κ1) is 15.4. The Labute approximate surface area is 120 Å². The van der Waals surface area contributed by atoms with Gasteiger partial charge in [-0.15, -0.1) is 11.8 Å². The SMILES string of the molecule is CC#CCC(Cc1c(Cl)cccc1Cl)NCCC. The van der Waals surface area contributed by atoms with Gasteiger partial charge in [-0.25, -0.2) is 0 Å². The second-order valence-electron chi connectivity index (χ2n) is 4.19. The number of benzene rings is 1. The number of nitrogens with one attached hydrogen (secondary N) is 1. The molecular weight excluding hydrogens is 265 g/mol. The fourth-order valence-corrected chi connectivity index (χ4v) is 2.32. The van der Waals surface area contributed by atoms with Gasteiger partial charge in [0, 0.05) is 22.5 Å².